The predicted molar refractivity (Wildman–Crippen MR) is 149 cm³/mol. The fourth-order valence-corrected chi connectivity index (χ4v) is 6.07. The van der Waals surface area contributed by atoms with E-state index in [9.17, 15) is 0 Å². The Morgan fingerprint density at radius 3 is 2.39 bits per heavy atom. The van der Waals surface area contributed by atoms with Gasteiger partial charge in [-0.15, -0.1) is 0 Å². The second-order valence-electron chi connectivity index (χ2n) is 9.91. The maximum absolute atomic E-state index is 5.26. The number of hydrogen-bond acceptors (Lipinski definition) is 1. The third kappa shape index (κ3) is 3.74. The number of nitrogens with zero attached hydrogens (tertiary/aromatic N) is 2. The maximum atomic E-state index is 5.26. The number of aryl methyl sites for hydroxylation is 2. The zero-order valence-electron chi connectivity index (χ0n) is 20.8. The molecule has 6 rings (SSSR count). The lowest BCUT2D eigenvalue weighted by atomic mass is 9.77. The molecular formula is C34H31N2+. The fourth-order valence-electron chi connectivity index (χ4n) is 6.07. The number of allylic oxidation sites excluding steroid dienone is 1. The zero-order chi connectivity index (χ0) is 24.6. The van der Waals surface area contributed by atoms with Gasteiger partial charge in [0.25, 0.3) is 0 Å². The average molecular weight is 468 g/mol. The predicted octanol–water partition coefficient (Wildman–Crippen LogP) is 7.26. The minimum Gasteiger partial charge on any atom is -0.276 e. The van der Waals surface area contributed by atoms with E-state index in [0.29, 0.717) is 6.54 Å². The van der Waals surface area contributed by atoms with Crippen molar-refractivity contribution in [1.29, 1.82) is 0 Å². The summed E-state index contributed by atoms with van der Waals surface area (Å²) >= 11 is 0. The van der Waals surface area contributed by atoms with Crippen LogP contribution in [0.25, 0.3) is 22.5 Å². The summed E-state index contributed by atoms with van der Waals surface area (Å²) in [5.41, 5.74) is 12.3. The lowest BCUT2D eigenvalue weighted by Crippen LogP contribution is -2.43. The molecule has 0 saturated heterocycles. The third-order valence-electron chi connectivity index (χ3n) is 7.76. The van der Waals surface area contributed by atoms with Gasteiger partial charge in [-0.1, -0.05) is 73.8 Å². The monoisotopic (exact) mass is 467 g/mol. The van der Waals surface area contributed by atoms with Crippen molar-refractivity contribution in [2.24, 2.45) is 4.99 Å². The molecule has 2 nitrogen and oxygen atoms in total. The first-order valence-electron chi connectivity index (χ1n) is 12.8. The molecule has 2 atom stereocenters. The van der Waals surface area contributed by atoms with Gasteiger partial charge < -0.3 is 0 Å². The number of aromatic nitrogens is 1. The molecule has 3 heterocycles. The van der Waals surface area contributed by atoms with E-state index in [2.05, 4.69) is 116 Å². The average Bonchev–Trinajstić information content (AvgIpc) is 2.92. The third-order valence-corrected chi connectivity index (χ3v) is 7.76. The molecule has 4 aromatic rings. The number of pyridine rings is 1. The van der Waals surface area contributed by atoms with Crippen LogP contribution in [0.2, 0.25) is 0 Å². The minimum absolute atomic E-state index is 0.0163. The van der Waals surface area contributed by atoms with Crippen LogP contribution < -0.4 is 4.57 Å². The molecule has 2 heteroatoms. The number of fused-ring (bicyclic) bond motifs is 6. The molecule has 2 unspecified atom stereocenters. The van der Waals surface area contributed by atoms with Gasteiger partial charge in [-0.2, -0.15) is 4.57 Å². The molecule has 0 aliphatic carbocycles. The van der Waals surface area contributed by atoms with Crippen molar-refractivity contribution in [1.82, 2.24) is 0 Å². The normalized spacial score (nSPS) is 18.7. The van der Waals surface area contributed by atoms with Crippen molar-refractivity contribution < 1.29 is 4.57 Å². The van der Waals surface area contributed by atoms with Gasteiger partial charge in [-0.05, 0) is 61.2 Å². The van der Waals surface area contributed by atoms with Crippen LogP contribution in [0, 0.1) is 6.92 Å². The molecule has 0 spiro atoms. The quantitative estimate of drug-likeness (QED) is 0.218. The Morgan fingerprint density at radius 1 is 0.861 bits per heavy atom. The Kier molecular flexibility index (Phi) is 5.73. The van der Waals surface area contributed by atoms with E-state index in [-0.39, 0.29) is 12.0 Å². The number of hydrogen-bond donors (Lipinski definition) is 0. The molecule has 0 amide bonds. The summed E-state index contributed by atoms with van der Waals surface area (Å²) in [4.78, 5) is 5.26. The first-order chi connectivity index (χ1) is 17.7. The molecule has 176 valence electrons. The van der Waals surface area contributed by atoms with Crippen molar-refractivity contribution in [3.8, 4) is 22.5 Å². The van der Waals surface area contributed by atoms with Gasteiger partial charge in [0.2, 0.25) is 11.4 Å². The number of rotatable bonds is 2. The van der Waals surface area contributed by atoms with E-state index in [0.717, 1.165) is 24.1 Å². The van der Waals surface area contributed by atoms with Crippen molar-refractivity contribution >= 4 is 5.71 Å². The molecule has 1 aromatic heterocycles. The van der Waals surface area contributed by atoms with E-state index in [1.165, 1.54) is 44.8 Å². The van der Waals surface area contributed by atoms with Gasteiger partial charge in [-0.25, -0.2) is 0 Å². The lowest BCUT2D eigenvalue weighted by molar-refractivity contribution is -0.667. The highest BCUT2D eigenvalue weighted by molar-refractivity contribution is 6.10. The van der Waals surface area contributed by atoms with Crippen LogP contribution >= 0.6 is 0 Å². The van der Waals surface area contributed by atoms with Crippen LogP contribution in [0.5, 0.6) is 0 Å². The summed E-state index contributed by atoms with van der Waals surface area (Å²) in [6, 6.07) is 32.9. The zero-order valence-corrected chi connectivity index (χ0v) is 20.8. The van der Waals surface area contributed by atoms with Crippen LogP contribution in [0.3, 0.4) is 0 Å². The SMILES string of the molecule is C=CC1=NC2C(=C)C[n+]3c(ccc(C)c3-c3ccccc3)-c3ccccc3CCC2c2ccccc21. The van der Waals surface area contributed by atoms with Gasteiger partial charge >= 0.3 is 0 Å². The van der Waals surface area contributed by atoms with E-state index < -0.39 is 0 Å². The summed E-state index contributed by atoms with van der Waals surface area (Å²) < 4.78 is 2.47. The second kappa shape index (κ2) is 9.20. The molecule has 0 radical (unpaired) electrons. The van der Waals surface area contributed by atoms with E-state index in [4.69, 9.17) is 4.99 Å². The Balaban J connectivity index is 1.59. The van der Waals surface area contributed by atoms with Crippen molar-refractivity contribution in [2.75, 3.05) is 0 Å². The lowest BCUT2D eigenvalue weighted by Gasteiger charge is -2.33. The molecule has 0 N–H and O–H groups in total. The summed E-state index contributed by atoms with van der Waals surface area (Å²) in [7, 11) is 0. The summed E-state index contributed by atoms with van der Waals surface area (Å²) in [6.07, 6.45) is 3.92. The largest absolute Gasteiger partial charge is 0.276 e. The smallest absolute Gasteiger partial charge is 0.216 e. The molecule has 0 saturated carbocycles. The molecule has 3 aromatic carbocycles. The Bertz CT molecular complexity index is 1510. The summed E-state index contributed by atoms with van der Waals surface area (Å²) in [5.74, 6) is 0.289. The Morgan fingerprint density at radius 2 is 1.58 bits per heavy atom. The highest BCUT2D eigenvalue weighted by Crippen LogP contribution is 2.39. The van der Waals surface area contributed by atoms with Crippen molar-refractivity contribution in [3.63, 3.8) is 0 Å². The second-order valence-corrected chi connectivity index (χ2v) is 9.91. The van der Waals surface area contributed by atoms with E-state index in [1.807, 2.05) is 6.08 Å². The Labute approximate surface area is 214 Å². The van der Waals surface area contributed by atoms with Gasteiger partial charge in [0.15, 0.2) is 6.54 Å². The van der Waals surface area contributed by atoms with E-state index >= 15 is 0 Å². The van der Waals surface area contributed by atoms with Gasteiger partial charge in [-0.3, -0.25) is 4.99 Å². The minimum atomic E-state index is 0.0163. The first kappa shape index (κ1) is 22.4. The van der Waals surface area contributed by atoms with Gasteiger partial charge in [0, 0.05) is 39.8 Å². The van der Waals surface area contributed by atoms with Crippen LogP contribution in [0.15, 0.2) is 121 Å². The van der Waals surface area contributed by atoms with Crippen LogP contribution in [0.1, 0.15) is 34.6 Å². The number of benzene rings is 3. The maximum Gasteiger partial charge on any atom is 0.216 e. The van der Waals surface area contributed by atoms with Crippen LogP contribution in [0.4, 0.5) is 0 Å². The standard InChI is InChI=1S/C34H31N2/c1-4-31-29-17-11-10-16-28(29)30-20-19-25-12-8-9-15-27(25)32-21-18-23(2)34(26-13-6-5-7-14-26)36(32)22-24(3)33(30)35-31/h4-18,21,30,33H,1,3,19-20,22H2,2H3/q+1. The highest BCUT2D eigenvalue weighted by atomic mass is 15.0. The van der Waals surface area contributed by atoms with Crippen LogP contribution in [-0.2, 0) is 13.0 Å². The summed E-state index contributed by atoms with van der Waals surface area (Å²) in [5, 5.41) is 0. The molecular weight excluding hydrogens is 436 g/mol. The van der Waals surface area contributed by atoms with Crippen LogP contribution in [-0.4, -0.2) is 11.8 Å². The highest BCUT2D eigenvalue weighted by Gasteiger charge is 2.35. The fraction of sp³-hybridized carbons (Fsp3) is 0.176. The van der Waals surface area contributed by atoms with Gasteiger partial charge in [0.1, 0.15) is 0 Å². The van der Waals surface area contributed by atoms with E-state index in [1.54, 1.807) is 0 Å². The van der Waals surface area contributed by atoms with Crippen molar-refractivity contribution in [2.45, 2.75) is 38.3 Å². The van der Waals surface area contributed by atoms with Crippen molar-refractivity contribution in [3.05, 3.63) is 138 Å². The topological polar surface area (TPSA) is 16.2 Å². The Hall–Kier alpha value is -4.04. The summed E-state index contributed by atoms with van der Waals surface area (Å²) in [6.45, 7) is 11.7. The number of aliphatic imine (C=N–C) groups is 1. The molecule has 2 aliphatic heterocycles. The molecule has 0 bridgehead atoms. The first-order valence-corrected chi connectivity index (χ1v) is 12.8. The molecule has 2 aliphatic rings. The van der Waals surface area contributed by atoms with Gasteiger partial charge in [0.05, 0.1) is 11.8 Å². The molecule has 36 heavy (non-hydrogen) atoms. The molecule has 0 fully saturated rings.